The van der Waals surface area contributed by atoms with Crippen molar-refractivity contribution >= 4 is 22.8 Å². The minimum absolute atomic E-state index is 0.0734. The van der Waals surface area contributed by atoms with Gasteiger partial charge in [-0.3, -0.25) is 14.4 Å². The summed E-state index contributed by atoms with van der Waals surface area (Å²) >= 11 is 1.35. The number of thiophene rings is 1. The lowest BCUT2D eigenvalue weighted by atomic mass is 9.95. The highest BCUT2D eigenvalue weighted by molar-refractivity contribution is 7.17. The summed E-state index contributed by atoms with van der Waals surface area (Å²) in [5, 5.41) is 9.15. The Balaban J connectivity index is 1.89. The fraction of sp³-hybridized carbons (Fsp3) is 0.333. The first kappa shape index (κ1) is 18.3. The van der Waals surface area contributed by atoms with Crippen molar-refractivity contribution in [3.63, 3.8) is 0 Å². The summed E-state index contributed by atoms with van der Waals surface area (Å²) in [4.78, 5) is 18.1. The molecular formula is C21H18F2N4OS. The molecule has 0 unspecified atom stereocenters. The Morgan fingerprint density at radius 3 is 2.59 bits per heavy atom. The van der Waals surface area contributed by atoms with Crippen molar-refractivity contribution in [3.8, 4) is 5.00 Å². The summed E-state index contributed by atoms with van der Waals surface area (Å²) < 4.78 is 31.5. The lowest BCUT2D eigenvalue weighted by Gasteiger charge is -2.12. The van der Waals surface area contributed by atoms with Gasteiger partial charge in [0.2, 0.25) is 0 Å². The van der Waals surface area contributed by atoms with Gasteiger partial charge in [-0.1, -0.05) is 6.07 Å². The second kappa shape index (κ2) is 6.66. The fourth-order valence-electron chi connectivity index (χ4n) is 4.15. The number of Topliss-reactive ketones (excluding diaryl/α,β-unsaturated/α-hetero) is 1. The zero-order valence-electron chi connectivity index (χ0n) is 16.0. The molecular weight excluding hydrogens is 394 g/mol. The molecule has 0 bridgehead atoms. The second-order valence-electron chi connectivity index (χ2n) is 7.41. The number of hydrogen-bond acceptors (Lipinski definition) is 5. The van der Waals surface area contributed by atoms with Gasteiger partial charge in [-0.25, -0.2) is 8.78 Å². The van der Waals surface area contributed by atoms with Crippen LogP contribution in [0.4, 0.5) is 8.78 Å². The minimum Gasteiger partial charge on any atom is -0.293 e. The molecule has 1 aliphatic carbocycles. The van der Waals surface area contributed by atoms with E-state index in [4.69, 9.17) is 4.99 Å². The van der Waals surface area contributed by atoms with Crippen LogP contribution in [0.3, 0.4) is 0 Å². The molecule has 2 aromatic heterocycles. The Labute approximate surface area is 170 Å². The first-order valence-electron chi connectivity index (χ1n) is 9.61. The molecule has 8 heteroatoms. The number of carbonyl (C=O) groups is 1. The third-order valence-electron chi connectivity index (χ3n) is 5.51. The zero-order valence-corrected chi connectivity index (χ0v) is 16.8. The van der Waals surface area contributed by atoms with Crippen LogP contribution in [0.5, 0.6) is 0 Å². The summed E-state index contributed by atoms with van der Waals surface area (Å²) in [5.74, 6) is -0.0154. The van der Waals surface area contributed by atoms with Gasteiger partial charge in [-0.15, -0.1) is 21.5 Å². The zero-order chi connectivity index (χ0) is 20.3. The SMILES string of the molecule is Cc1nnc2n1-c1sc3c(c1C(c1c(F)cccc1F)=N[C@H]2C)CCCCC3=O. The largest absolute Gasteiger partial charge is 0.293 e. The van der Waals surface area contributed by atoms with E-state index in [1.165, 1.54) is 29.5 Å². The van der Waals surface area contributed by atoms with Crippen LogP contribution in [0.25, 0.3) is 5.00 Å². The van der Waals surface area contributed by atoms with Gasteiger partial charge < -0.3 is 0 Å². The molecule has 0 fully saturated rings. The standard InChI is InChI=1S/C21H18F2N4OS/c1-10-20-26-25-11(2)27(20)21-16(12-6-3-4-9-15(28)19(12)29-21)18(24-10)17-13(22)7-5-8-14(17)23/h5,7-8,10H,3-4,6,9H2,1-2H3/t10-/m0/s1. The van der Waals surface area contributed by atoms with Crippen LogP contribution in [0.1, 0.15) is 70.2 Å². The van der Waals surface area contributed by atoms with Crippen LogP contribution < -0.4 is 0 Å². The summed E-state index contributed by atoms with van der Waals surface area (Å²) in [7, 11) is 0. The average Bonchev–Trinajstić information content (AvgIpc) is 3.15. The van der Waals surface area contributed by atoms with Gasteiger partial charge in [0.05, 0.1) is 16.2 Å². The van der Waals surface area contributed by atoms with Crippen LogP contribution in [-0.2, 0) is 6.42 Å². The van der Waals surface area contributed by atoms with E-state index in [0.29, 0.717) is 39.9 Å². The van der Waals surface area contributed by atoms with E-state index in [2.05, 4.69) is 10.2 Å². The van der Waals surface area contributed by atoms with Gasteiger partial charge >= 0.3 is 0 Å². The number of aromatic nitrogens is 3. The highest BCUT2D eigenvalue weighted by Crippen LogP contribution is 2.42. The van der Waals surface area contributed by atoms with E-state index in [-0.39, 0.29) is 17.1 Å². The van der Waals surface area contributed by atoms with Gasteiger partial charge in [0.1, 0.15) is 28.5 Å². The van der Waals surface area contributed by atoms with E-state index in [9.17, 15) is 13.6 Å². The number of aryl methyl sites for hydroxylation is 1. The van der Waals surface area contributed by atoms with Crippen molar-refractivity contribution in [2.45, 2.75) is 45.6 Å². The Bertz CT molecular complexity index is 1170. The van der Waals surface area contributed by atoms with E-state index in [0.717, 1.165) is 18.4 Å². The van der Waals surface area contributed by atoms with E-state index in [1.807, 2.05) is 18.4 Å². The number of hydrogen-bond donors (Lipinski definition) is 0. The maximum atomic E-state index is 14.8. The number of benzene rings is 1. The van der Waals surface area contributed by atoms with Crippen LogP contribution in [0.15, 0.2) is 23.2 Å². The molecule has 1 atom stereocenters. The monoisotopic (exact) mass is 412 g/mol. The molecule has 5 rings (SSSR count). The number of fused-ring (bicyclic) bond motifs is 5. The van der Waals surface area contributed by atoms with E-state index < -0.39 is 17.7 Å². The Hall–Kier alpha value is -2.74. The number of carbonyl (C=O) groups excluding carboxylic acids is 1. The fourth-order valence-corrected chi connectivity index (χ4v) is 5.52. The number of rotatable bonds is 1. The van der Waals surface area contributed by atoms with Crippen molar-refractivity contribution < 1.29 is 13.6 Å². The second-order valence-corrected chi connectivity index (χ2v) is 8.41. The van der Waals surface area contributed by atoms with Crippen molar-refractivity contribution in [1.82, 2.24) is 14.8 Å². The molecule has 0 saturated carbocycles. The number of halogens is 2. The normalized spacial score (nSPS) is 18.4. The maximum absolute atomic E-state index is 14.8. The molecule has 148 valence electrons. The Morgan fingerprint density at radius 1 is 1.10 bits per heavy atom. The predicted octanol–water partition coefficient (Wildman–Crippen LogP) is 4.74. The predicted molar refractivity (Wildman–Crippen MR) is 106 cm³/mol. The van der Waals surface area contributed by atoms with E-state index in [1.54, 1.807) is 0 Å². The average molecular weight is 412 g/mol. The molecule has 0 radical (unpaired) electrons. The van der Waals surface area contributed by atoms with Crippen LogP contribution in [0, 0.1) is 18.6 Å². The van der Waals surface area contributed by atoms with Crippen molar-refractivity contribution in [1.29, 1.82) is 0 Å². The summed E-state index contributed by atoms with van der Waals surface area (Å²) in [6, 6.07) is 3.36. The number of aliphatic imine (C=N–C) groups is 1. The van der Waals surface area contributed by atoms with Crippen LogP contribution >= 0.6 is 11.3 Å². The topological polar surface area (TPSA) is 60.1 Å². The van der Waals surface area contributed by atoms with Gasteiger partial charge in [-0.05, 0) is 50.8 Å². The molecule has 3 aromatic rings. The molecule has 2 aliphatic rings. The van der Waals surface area contributed by atoms with Crippen molar-refractivity contribution in [2.75, 3.05) is 0 Å². The lowest BCUT2D eigenvalue weighted by Crippen LogP contribution is -2.13. The molecule has 5 nitrogen and oxygen atoms in total. The molecule has 0 N–H and O–H groups in total. The third-order valence-corrected chi connectivity index (χ3v) is 6.77. The highest BCUT2D eigenvalue weighted by atomic mass is 32.1. The van der Waals surface area contributed by atoms with Gasteiger partial charge in [-0.2, -0.15) is 0 Å². The molecule has 3 heterocycles. The first-order chi connectivity index (χ1) is 14.0. The highest BCUT2D eigenvalue weighted by Gasteiger charge is 2.35. The number of nitrogens with zero attached hydrogens (tertiary/aromatic N) is 4. The summed E-state index contributed by atoms with van der Waals surface area (Å²) in [5.41, 5.74) is 1.56. The minimum atomic E-state index is -0.670. The Kier molecular flexibility index (Phi) is 4.20. The molecule has 1 aromatic carbocycles. The molecule has 0 saturated heterocycles. The summed E-state index contributed by atoms with van der Waals surface area (Å²) in [6.45, 7) is 3.66. The molecule has 0 amide bonds. The molecule has 0 spiro atoms. The van der Waals surface area contributed by atoms with Crippen molar-refractivity contribution in [3.05, 3.63) is 63.0 Å². The van der Waals surface area contributed by atoms with E-state index >= 15 is 0 Å². The Morgan fingerprint density at radius 2 is 1.83 bits per heavy atom. The van der Waals surface area contributed by atoms with Gasteiger partial charge in [0, 0.05) is 12.0 Å². The van der Waals surface area contributed by atoms with Crippen molar-refractivity contribution in [2.24, 2.45) is 4.99 Å². The number of ketones is 1. The lowest BCUT2D eigenvalue weighted by molar-refractivity contribution is 0.0986. The third kappa shape index (κ3) is 2.69. The van der Waals surface area contributed by atoms with Crippen LogP contribution in [-0.4, -0.2) is 26.3 Å². The quantitative estimate of drug-likeness (QED) is 0.543. The maximum Gasteiger partial charge on any atom is 0.173 e. The first-order valence-corrected chi connectivity index (χ1v) is 10.4. The molecule has 29 heavy (non-hydrogen) atoms. The van der Waals surface area contributed by atoms with Crippen LogP contribution in [0.2, 0.25) is 0 Å². The summed E-state index contributed by atoms with van der Waals surface area (Å²) in [6.07, 6.45) is 2.81. The smallest absolute Gasteiger partial charge is 0.173 e. The van der Waals surface area contributed by atoms with Gasteiger partial charge in [0.15, 0.2) is 11.6 Å². The van der Waals surface area contributed by atoms with Gasteiger partial charge in [0.25, 0.3) is 0 Å². The molecule has 1 aliphatic heterocycles.